The molecule has 0 radical (unpaired) electrons. The Bertz CT molecular complexity index is 105. The third-order valence-electron chi connectivity index (χ3n) is 1.55. The lowest BCUT2D eigenvalue weighted by molar-refractivity contribution is -0.126. The number of amides is 1. The fourth-order valence-electron chi connectivity index (χ4n) is 1.04. The Kier molecular flexibility index (Phi) is 1.68. The van der Waals surface area contributed by atoms with Crippen molar-refractivity contribution in [1.82, 2.24) is 4.90 Å². The number of nitrogens with zero attached hydrogens (tertiary/aromatic N) is 1. The van der Waals surface area contributed by atoms with Crippen LogP contribution in [-0.2, 0) is 4.79 Å². The summed E-state index contributed by atoms with van der Waals surface area (Å²) < 4.78 is 0. The first-order chi connectivity index (χ1) is 3.84. The number of likely N-dealkylation sites (tertiary alicyclic amines) is 1. The van der Waals surface area contributed by atoms with Crippen molar-refractivity contribution in [1.29, 1.82) is 0 Å². The van der Waals surface area contributed by atoms with Gasteiger partial charge >= 0.3 is 0 Å². The standard InChI is InChI=1S/C5H11NOSi/c7-5-2-1-3-6(5)4-8/h1-4H2,8H3. The van der Waals surface area contributed by atoms with Gasteiger partial charge in [0.15, 0.2) is 0 Å². The Morgan fingerprint density at radius 2 is 2.50 bits per heavy atom. The molecule has 2 nitrogen and oxygen atoms in total. The third-order valence-corrected chi connectivity index (χ3v) is 2.32. The molecular weight excluding hydrogens is 118 g/mol. The van der Waals surface area contributed by atoms with Crippen LogP contribution in [0.1, 0.15) is 12.8 Å². The van der Waals surface area contributed by atoms with Crippen molar-refractivity contribution in [2.45, 2.75) is 12.8 Å². The molecule has 0 atom stereocenters. The van der Waals surface area contributed by atoms with E-state index in [-0.39, 0.29) is 0 Å². The van der Waals surface area contributed by atoms with E-state index in [0.717, 1.165) is 35.8 Å². The maximum atomic E-state index is 10.8. The summed E-state index contributed by atoms with van der Waals surface area (Å²) in [4.78, 5) is 12.7. The second-order valence-electron chi connectivity index (χ2n) is 2.08. The zero-order valence-corrected chi connectivity index (χ0v) is 7.18. The lowest BCUT2D eigenvalue weighted by Gasteiger charge is -2.10. The molecule has 0 N–H and O–H groups in total. The highest BCUT2D eigenvalue weighted by molar-refractivity contribution is 6.10. The average molecular weight is 129 g/mol. The summed E-state index contributed by atoms with van der Waals surface area (Å²) >= 11 is 0. The molecule has 0 aromatic heterocycles. The zero-order chi connectivity index (χ0) is 5.98. The summed E-state index contributed by atoms with van der Waals surface area (Å²) in [6.45, 7) is 1.02. The maximum absolute atomic E-state index is 10.8. The molecule has 0 aliphatic carbocycles. The Labute approximate surface area is 52.3 Å². The van der Waals surface area contributed by atoms with Crippen molar-refractivity contribution < 1.29 is 4.79 Å². The van der Waals surface area contributed by atoms with Crippen LogP contribution in [0.5, 0.6) is 0 Å². The van der Waals surface area contributed by atoms with Gasteiger partial charge < -0.3 is 4.90 Å². The van der Waals surface area contributed by atoms with E-state index in [2.05, 4.69) is 0 Å². The van der Waals surface area contributed by atoms with Crippen LogP contribution in [0.25, 0.3) is 0 Å². The molecule has 0 aromatic rings. The van der Waals surface area contributed by atoms with Crippen LogP contribution in [0.4, 0.5) is 0 Å². The van der Waals surface area contributed by atoms with Crippen LogP contribution >= 0.6 is 0 Å². The lowest BCUT2D eigenvalue weighted by Crippen LogP contribution is -2.25. The first-order valence-electron chi connectivity index (χ1n) is 3.12. The Morgan fingerprint density at radius 3 is 2.75 bits per heavy atom. The second kappa shape index (κ2) is 2.30. The molecule has 8 heavy (non-hydrogen) atoms. The molecule has 1 fully saturated rings. The summed E-state index contributed by atoms with van der Waals surface area (Å²) in [5.74, 6) is 0.361. The van der Waals surface area contributed by atoms with E-state index in [1.54, 1.807) is 0 Å². The fourth-order valence-corrected chi connectivity index (χ4v) is 1.71. The van der Waals surface area contributed by atoms with Gasteiger partial charge in [0.2, 0.25) is 5.91 Å². The van der Waals surface area contributed by atoms with Crippen molar-refractivity contribution in [3.8, 4) is 0 Å². The quantitative estimate of drug-likeness (QED) is 0.413. The minimum absolute atomic E-state index is 0.361. The topological polar surface area (TPSA) is 20.3 Å². The summed E-state index contributed by atoms with van der Waals surface area (Å²) in [5.41, 5.74) is 0. The summed E-state index contributed by atoms with van der Waals surface area (Å²) in [5, 5.41) is 0. The Morgan fingerprint density at radius 1 is 1.75 bits per heavy atom. The summed E-state index contributed by atoms with van der Waals surface area (Å²) in [6, 6.07) is 0. The van der Waals surface area contributed by atoms with Crippen molar-refractivity contribution in [3.63, 3.8) is 0 Å². The number of hydrogen-bond acceptors (Lipinski definition) is 1. The molecule has 0 saturated carbocycles. The number of carbonyl (C=O) groups excluding carboxylic acids is 1. The normalized spacial score (nSPS) is 20.5. The molecule has 1 amide bonds. The minimum atomic E-state index is 0.361. The lowest BCUT2D eigenvalue weighted by atomic mass is 10.4. The largest absolute Gasteiger partial charge is 0.347 e. The SMILES string of the molecule is O=C1CCCN1C[SiH3]. The number of hydrogen-bond donors (Lipinski definition) is 0. The highest BCUT2D eigenvalue weighted by atomic mass is 28.1. The highest BCUT2D eigenvalue weighted by Crippen LogP contribution is 2.06. The predicted octanol–water partition coefficient (Wildman–Crippen LogP) is -1.07. The molecule has 1 heterocycles. The van der Waals surface area contributed by atoms with E-state index in [4.69, 9.17) is 0 Å². The Balaban J connectivity index is 2.42. The minimum Gasteiger partial charge on any atom is -0.347 e. The molecule has 0 aromatic carbocycles. The molecule has 0 spiro atoms. The van der Waals surface area contributed by atoms with Gasteiger partial charge in [-0.2, -0.15) is 0 Å². The molecule has 0 bridgehead atoms. The molecule has 46 valence electrons. The Hall–Kier alpha value is -0.313. The molecule has 1 rings (SSSR count). The van der Waals surface area contributed by atoms with Crippen LogP contribution in [0.15, 0.2) is 0 Å². The van der Waals surface area contributed by atoms with Gasteiger partial charge in [-0.1, -0.05) is 0 Å². The number of carbonyl (C=O) groups is 1. The van der Waals surface area contributed by atoms with Gasteiger partial charge in [-0.15, -0.1) is 0 Å². The van der Waals surface area contributed by atoms with Crippen LogP contribution in [0.3, 0.4) is 0 Å². The monoisotopic (exact) mass is 129 g/mol. The third kappa shape index (κ3) is 0.915. The van der Waals surface area contributed by atoms with Gasteiger partial charge in [0.1, 0.15) is 0 Å². The van der Waals surface area contributed by atoms with Crippen molar-refractivity contribution in [3.05, 3.63) is 0 Å². The van der Waals surface area contributed by atoms with Gasteiger partial charge in [0, 0.05) is 29.4 Å². The average Bonchev–Trinajstić information content (AvgIpc) is 2.14. The van der Waals surface area contributed by atoms with E-state index in [1.807, 2.05) is 4.90 Å². The van der Waals surface area contributed by atoms with Gasteiger partial charge in [-0.25, -0.2) is 0 Å². The van der Waals surface area contributed by atoms with Gasteiger partial charge in [-0.3, -0.25) is 4.79 Å². The van der Waals surface area contributed by atoms with E-state index in [1.165, 1.54) is 0 Å². The van der Waals surface area contributed by atoms with E-state index >= 15 is 0 Å². The van der Waals surface area contributed by atoms with Crippen LogP contribution in [-0.4, -0.2) is 33.8 Å². The first-order valence-corrected chi connectivity index (χ1v) is 4.54. The van der Waals surface area contributed by atoms with Gasteiger partial charge in [0.05, 0.1) is 0 Å². The zero-order valence-electron chi connectivity index (χ0n) is 5.18. The van der Waals surface area contributed by atoms with Crippen LogP contribution < -0.4 is 0 Å². The van der Waals surface area contributed by atoms with Gasteiger partial charge in [-0.05, 0) is 6.42 Å². The number of rotatable bonds is 1. The molecular formula is C5H11NOSi. The van der Waals surface area contributed by atoms with E-state index < -0.39 is 0 Å². The van der Waals surface area contributed by atoms with Gasteiger partial charge in [0.25, 0.3) is 0 Å². The maximum Gasteiger partial charge on any atom is 0.222 e. The fraction of sp³-hybridized carbons (Fsp3) is 0.800. The molecule has 0 unspecified atom stereocenters. The van der Waals surface area contributed by atoms with Crippen LogP contribution in [0, 0.1) is 0 Å². The highest BCUT2D eigenvalue weighted by Gasteiger charge is 2.16. The smallest absolute Gasteiger partial charge is 0.222 e. The van der Waals surface area contributed by atoms with Crippen LogP contribution in [0.2, 0.25) is 0 Å². The molecule has 1 aliphatic heterocycles. The van der Waals surface area contributed by atoms with Crippen molar-refractivity contribution in [2.24, 2.45) is 0 Å². The predicted molar refractivity (Wildman–Crippen MR) is 35.8 cm³/mol. The first kappa shape index (κ1) is 5.82. The van der Waals surface area contributed by atoms with E-state index in [0.29, 0.717) is 5.91 Å². The summed E-state index contributed by atoms with van der Waals surface area (Å²) in [7, 11) is 1.12. The molecule has 3 heteroatoms. The summed E-state index contributed by atoms with van der Waals surface area (Å²) in [6.07, 6.45) is 2.90. The van der Waals surface area contributed by atoms with E-state index in [9.17, 15) is 4.79 Å². The van der Waals surface area contributed by atoms with Crippen molar-refractivity contribution >= 4 is 16.1 Å². The molecule has 1 saturated heterocycles. The van der Waals surface area contributed by atoms with Crippen molar-refractivity contribution in [2.75, 3.05) is 12.7 Å². The second-order valence-corrected chi connectivity index (χ2v) is 2.71. The molecule has 1 aliphatic rings.